The van der Waals surface area contributed by atoms with E-state index in [1.165, 1.54) is 12.1 Å². The van der Waals surface area contributed by atoms with Gasteiger partial charge in [0, 0.05) is 18.2 Å². The maximum absolute atomic E-state index is 13.1. The normalized spacial score (nSPS) is 12.0. The number of methoxy groups -OCH3 is 1. The Balaban J connectivity index is 2.03. The van der Waals surface area contributed by atoms with Crippen molar-refractivity contribution in [3.8, 4) is 11.5 Å². The zero-order chi connectivity index (χ0) is 18.2. The van der Waals surface area contributed by atoms with Crippen LogP contribution in [0.3, 0.4) is 0 Å². The number of aliphatic hydroxyl groups excluding tert-OH is 1. The lowest BCUT2D eigenvalue weighted by atomic mass is 10.1. The fourth-order valence-corrected chi connectivity index (χ4v) is 2.56. The van der Waals surface area contributed by atoms with E-state index in [1.807, 2.05) is 25.1 Å². The summed E-state index contributed by atoms with van der Waals surface area (Å²) in [5, 5.41) is 12.8. The topological polar surface area (TPSA) is 50.7 Å². The van der Waals surface area contributed by atoms with E-state index >= 15 is 0 Å². The molecule has 2 rings (SSSR count). The number of benzene rings is 2. The first-order chi connectivity index (χ1) is 12.1. The van der Waals surface area contributed by atoms with Crippen molar-refractivity contribution in [3.63, 3.8) is 0 Å². The summed E-state index contributed by atoms with van der Waals surface area (Å²) >= 11 is 6.01. The van der Waals surface area contributed by atoms with Crippen LogP contribution in [0.1, 0.15) is 24.5 Å². The van der Waals surface area contributed by atoms with Crippen LogP contribution in [-0.4, -0.2) is 24.9 Å². The molecule has 0 unspecified atom stereocenters. The highest BCUT2D eigenvalue weighted by molar-refractivity contribution is 6.31. The van der Waals surface area contributed by atoms with Crippen LogP contribution in [0.25, 0.3) is 0 Å². The van der Waals surface area contributed by atoms with E-state index in [2.05, 4.69) is 5.32 Å². The van der Waals surface area contributed by atoms with Crippen LogP contribution < -0.4 is 14.8 Å². The highest BCUT2D eigenvalue weighted by atomic mass is 35.5. The number of halogens is 2. The molecule has 0 saturated carbocycles. The first-order valence-corrected chi connectivity index (χ1v) is 8.53. The molecular formula is C19H23ClFNO3. The van der Waals surface area contributed by atoms with Gasteiger partial charge < -0.3 is 19.9 Å². The molecule has 0 fully saturated rings. The number of hydrogen-bond acceptors (Lipinski definition) is 4. The van der Waals surface area contributed by atoms with Crippen molar-refractivity contribution in [2.24, 2.45) is 0 Å². The van der Waals surface area contributed by atoms with Crippen LogP contribution in [0.5, 0.6) is 11.5 Å². The Morgan fingerprint density at radius 2 is 2.00 bits per heavy atom. The van der Waals surface area contributed by atoms with Crippen molar-refractivity contribution in [1.29, 1.82) is 0 Å². The van der Waals surface area contributed by atoms with Gasteiger partial charge in [0.1, 0.15) is 12.4 Å². The molecule has 1 atom stereocenters. The Hall–Kier alpha value is -1.82. The predicted octanol–water partition coefficient (Wildman–Crippen LogP) is 3.93. The van der Waals surface area contributed by atoms with Crippen LogP contribution in [0.15, 0.2) is 36.4 Å². The molecule has 0 heterocycles. The van der Waals surface area contributed by atoms with Gasteiger partial charge in [-0.05, 0) is 36.2 Å². The lowest BCUT2D eigenvalue weighted by molar-refractivity contribution is 0.238. The summed E-state index contributed by atoms with van der Waals surface area (Å²) in [5.41, 5.74) is 1.72. The summed E-state index contributed by atoms with van der Waals surface area (Å²) < 4.78 is 24.2. The quantitative estimate of drug-likeness (QED) is 0.705. The molecule has 0 spiro atoms. The van der Waals surface area contributed by atoms with Gasteiger partial charge >= 0.3 is 0 Å². The fraction of sp³-hybridized carbons (Fsp3) is 0.368. The van der Waals surface area contributed by atoms with Crippen LogP contribution in [0.2, 0.25) is 5.02 Å². The average molecular weight is 368 g/mol. The summed E-state index contributed by atoms with van der Waals surface area (Å²) in [6.07, 6.45) is 0.854. The predicted molar refractivity (Wildman–Crippen MR) is 96.7 cm³/mol. The standard InChI is InChI=1S/C19H23ClFNO3/c1-3-16(11-23)22-10-13-4-7-18(19(8-13)24-2)25-12-14-5-6-15(21)9-17(14)20/h4-9,16,22-23H,3,10-12H2,1-2H3/t16-/m1/s1. The SMILES string of the molecule is CC[C@H](CO)NCc1ccc(OCc2ccc(F)cc2Cl)c(OC)c1. The van der Waals surface area contributed by atoms with Crippen LogP contribution in [0, 0.1) is 5.82 Å². The van der Waals surface area contributed by atoms with Gasteiger partial charge in [0.15, 0.2) is 11.5 Å². The minimum absolute atomic E-state index is 0.0718. The van der Waals surface area contributed by atoms with Gasteiger partial charge in [-0.25, -0.2) is 4.39 Å². The molecule has 4 nitrogen and oxygen atoms in total. The number of ether oxygens (including phenoxy) is 2. The van der Waals surface area contributed by atoms with E-state index in [4.69, 9.17) is 21.1 Å². The first kappa shape index (κ1) is 19.5. The maximum Gasteiger partial charge on any atom is 0.161 e. The largest absolute Gasteiger partial charge is 0.493 e. The molecule has 0 amide bonds. The van der Waals surface area contributed by atoms with Gasteiger partial charge in [0.2, 0.25) is 0 Å². The van der Waals surface area contributed by atoms with Gasteiger partial charge in [-0.2, -0.15) is 0 Å². The van der Waals surface area contributed by atoms with Crippen molar-refractivity contribution >= 4 is 11.6 Å². The third kappa shape index (κ3) is 5.59. The summed E-state index contributed by atoms with van der Waals surface area (Å²) in [6, 6.07) is 9.93. The molecule has 0 aliphatic rings. The van der Waals surface area contributed by atoms with Crippen LogP contribution in [0.4, 0.5) is 4.39 Å². The molecule has 6 heteroatoms. The number of aliphatic hydroxyl groups is 1. The van der Waals surface area contributed by atoms with E-state index in [0.29, 0.717) is 28.6 Å². The van der Waals surface area contributed by atoms with Crippen molar-refractivity contribution < 1.29 is 19.0 Å². The molecule has 2 aromatic rings. The Morgan fingerprint density at radius 3 is 2.64 bits per heavy atom. The number of nitrogens with one attached hydrogen (secondary N) is 1. The molecule has 0 aliphatic carbocycles. The number of rotatable bonds is 9. The zero-order valence-corrected chi connectivity index (χ0v) is 15.1. The molecule has 0 bridgehead atoms. The van der Waals surface area contributed by atoms with E-state index in [0.717, 1.165) is 12.0 Å². The second-order valence-corrected chi connectivity index (χ2v) is 6.09. The Morgan fingerprint density at radius 1 is 1.20 bits per heavy atom. The average Bonchev–Trinajstić information content (AvgIpc) is 2.62. The first-order valence-electron chi connectivity index (χ1n) is 8.15. The highest BCUT2D eigenvalue weighted by Crippen LogP contribution is 2.29. The summed E-state index contributed by atoms with van der Waals surface area (Å²) in [4.78, 5) is 0. The summed E-state index contributed by atoms with van der Waals surface area (Å²) in [6.45, 7) is 2.97. The minimum Gasteiger partial charge on any atom is -0.493 e. The van der Waals surface area contributed by atoms with Gasteiger partial charge in [0.05, 0.1) is 18.7 Å². The molecule has 0 radical (unpaired) electrons. The lowest BCUT2D eigenvalue weighted by Gasteiger charge is -2.16. The van der Waals surface area contributed by atoms with Gasteiger partial charge in [-0.15, -0.1) is 0 Å². The van der Waals surface area contributed by atoms with E-state index in [1.54, 1.807) is 13.2 Å². The molecule has 136 valence electrons. The van der Waals surface area contributed by atoms with E-state index in [-0.39, 0.29) is 25.1 Å². The number of hydrogen-bond donors (Lipinski definition) is 2. The molecule has 2 N–H and O–H groups in total. The summed E-state index contributed by atoms with van der Waals surface area (Å²) in [5.74, 6) is 0.812. The van der Waals surface area contributed by atoms with E-state index < -0.39 is 0 Å². The smallest absolute Gasteiger partial charge is 0.161 e. The summed E-state index contributed by atoms with van der Waals surface area (Å²) in [7, 11) is 1.58. The Bertz CT molecular complexity index is 692. The van der Waals surface area contributed by atoms with Gasteiger partial charge in [-0.1, -0.05) is 30.7 Å². The maximum atomic E-state index is 13.1. The zero-order valence-electron chi connectivity index (χ0n) is 14.4. The monoisotopic (exact) mass is 367 g/mol. The molecule has 0 aromatic heterocycles. The van der Waals surface area contributed by atoms with Crippen LogP contribution in [-0.2, 0) is 13.2 Å². The van der Waals surface area contributed by atoms with Crippen molar-refractivity contribution in [2.45, 2.75) is 32.5 Å². The van der Waals surface area contributed by atoms with Crippen molar-refractivity contribution in [1.82, 2.24) is 5.32 Å². The molecule has 0 aliphatic heterocycles. The Labute approximate surface area is 152 Å². The van der Waals surface area contributed by atoms with Gasteiger partial charge in [-0.3, -0.25) is 0 Å². The third-order valence-corrected chi connectivity index (χ3v) is 4.29. The van der Waals surface area contributed by atoms with E-state index in [9.17, 15) is 9.50 Å². The Kier molecular flexibility index (Phi) is 7.50. The minimum atomic E-state index is -0.378. The second-order valence-electron chi connectivity index (χ2n) is 5.68. The fourth-order valence-electron chi connectivity index (χ4n) is 2.34. The van der Waals surface area contributed by atoms with Crippen LogP contribution >= 0.6 is 11.6 Å². The molecule has 25 heavy (non-hydrogen) atoms. The third-order valence-electron chi connectivity index (χ3n) is 3.93. The van der Waals surface area contributed by atoms with Gasteiger partial charge in [0.25, 0.3) is 0 Å². The van der Waals surface area contributed by atoms with Crippen molar-refractivity contribution in [3.05, 3.63) is 58.4 Å². The molecule has 0 saturated heterocycles. The van der Waals surface area contributed by atoms with Crippen molar-refractivity contribution in [2.75, 3.05) is 13.7 Å². The molecule has 2 aromatic carbocycles. The second kappa shape index (κ2) is 9.61. The highest BCUT2D eigenvalue weighted by Gasteiger charge is 2.09. The lowest BCUT2D eigenvalue weighted by Crippen LogP contribution is -2.31. The molecular weight excluding hydrogens is 345 g/mol.